The van der Waals surface area contributed by atoms with Crippen molar-refractivity contribution in [2.75, 3.05) is 26.2 Å². The molecule has 1 aliphatic rings. The molecule has 1 N–H and O–H groups in total. The Balaban J connectivity index is 1.72. The van der Waals surface area contributed by atoms with Crippen molar-refractivity contribution in [1.29, 1.82) is 0 Å². The van der Waals surface area contributed by atoms with Gasteiger partial charge < -0.3 is 10.2 Å². The number of benzene rings is 2. The Morgan fingerprint density at radius 1 is 0.844 bits per heavy atom. The van der Waals surface area contributed by atoms with E-state index >= 15 is 0 Å². The quantitative estimate of drug-likeness (QED) is 0.557. The van der Waals surface area contributed by atoms with Gasteiger partial charge in [0.2, 0.25) is 0 Å². The lowest BCUT2D eigenvalue weighted by Crippen LogP contribution is -2.46. The van der Waals surface area contributed by atoms with Gasteiger partial charge in [-0.3, -0.25) is 4.79 Å². The fourth-order valence-corrected chi connectivity index (χ4v) is 3.57. The zero-order valence-electron chi connectivity index (χ0n) is 16.5. The summed E-state index contributed by atoms with van der Waals surface area (Å²) in [5.74, 6) is -0.148. The molecule has 1 fully saturated rings. The highest BCUT2D eigenvalue weighted by atomic mass is 19.4. The average molecular weight is 453 g/mol. The second kappa shape index (κ2) is 8.09. The summed E-state index contributed by atoms with van der Waals surface area (Å²) in [6.45, 7) is 2.54. The molecule has 10 heteroatoms. The Morgan fingerprint density at radius 2 is 1.47 bits per heavy atom. The number of carbonyl (C=O) groups is 1. The molecule has 0 spiro atoms. The maximum absolute atomic E-state index is 13.2. The van der Waals surface area contributed by atoms with E-state index in [1.165, 1.54) is 18.2 Å². The van der Waals surface area contributed by atoms with Crippen LogP contribution >= 0.6 is 0 Å². The zero-order valence-corrected chi connectivity index (χ0v) is 16.5. The van der Waals surface area contributed by atoms with Gasteiger partial charge in [0.25, 0.3) is 5.91 Å². The Morgan fingerprint density at radius 3 is 2.06 bits per heavy atom. The number of nitrogens with zero attached hydrogens (tertiary/aromatic N) is 2. The summed E-state index contributed by atoms with van der Waals surface area (Å²) in [7, 11) is 0. The van der Waals surface area contributed by atoms with Gasteiger partial charge in [0.15, 0.2) is 0 Å². The summed E-state index contributed by atoms with van der Waals surface area (Å²) in [4.78, 5) is 18.6. The molecule has 4 rings (SSSR count). The summed E-state index contributed by atoms with van der Waals surface area (Å²) in [5.41, 5.74) is -2.34. The lowest BCUT2D eigenvalue weighted by molar-refractivity contribution is -0.143. The molecule has 1 amide bonds. The van der Waals surface area contributed by atoms with Crippen molar-refractivity contribution in [2.24, 2.45) is 0 Å². The van der Waals surface area contributed by atoms with E-state index in [1.807, 2.05) is 0 Å². The molecule has 2 heterocycles. The number of aromatic nitrogens is 1. The summed E-state index contributed by atoms with van der Waals surface area (Å²) < 4.78 is 78.9. The normalized spacial score (nSPS) is 15.2. The van der Waals surface area contributed by atoms with Gasteiger partial charge in [-0.05, 0) is 42.5 Å². The Labute approximate surface area is 178 Å². The third-order valence-electron chi connectivity index (χ3n) is 5.22. The number of fused-ring (bicyclic) bond motifs is 1. The third-order valence-corrected chi connectivity index (χ3v) is 5.22. The van der Waals surface area contributed by atoms with E-state index in [9.17, 15) is 31.1 Å². The Kier molecular flexibility index (Phi) is 5.58. The van der Waals surface area contributed by atoms with E-state index < -0.39 is 23.5 Å². The summed E-state index contributed by atoms with van der Waals surface area (Å²) in [5, 5.41) is 3.71. The molecule has 0 saturated carbocycles. The highest BCUT2D eigenvalue weighted by Gasteiger charge is 2.37. The Hall–Kier alpha value is -3.14. The third kappa shape index (κ3) is 4.55. The number of hydrogen-bond donors (Lipinski definition) is 1. The van der Waals surface area contributed by atoms with Crippen LogP contribution in [0.3, 0.4) is 0 Å². The largest absolute Gasteiger partial charge is 0.416 e. The summed E-state index contributed by atoms with van der Waals surface area (Å²) >= 11 is 0. The van der Waals surface area contributed by atoms with Gasteiger partial charge in [-0.2, -0.15) is 26.3 Å². The van der Waals surface area contributed by atoms with Crippen molar-refractivity contribution < 1.29 is 31.1 Å². The molecule has 1 aromatic heterocycles. The topological polar surface area (TPSA) is 45.2 Å². The number of carbonyl (C=O) groups excluding carboxylic acids is 1. The number of alkyl halides is 6. The van der Waals surface area contributed by atoms with Crippen LogP contribution < -0.4 is 5.32 Å². The number of pyridine rings is 1. The van der Waals surface area contributed by atoms with Crippen LogP contribution in [-0.4, -0.2) is 42.0 Å². The van der Waals surface area contributed by atoms with Crippen molar-refractivity contribution in [3.05, 3.63) is 65.2 Å². The maximum atomic E-state index is 13.2. The first kappa shape index (κ1) is 22.1. The summed E-state index contributed by atoms with van der Waals surface area (Å²) in [6.07, 6.45) is -9.88. The van der Waals surface area contributed by atoms with Crippen molar-refractivity contribution in [3.63, 3.8) is 0 Å². The lowest BCUT2D eigenvalue weighted by Gasteiger charge is -2.27. The second-order valence-electron chi connectivity index (χ2n) is 7.44. The van der Waals surface area contributed by atoms with Crippen LogP contribution in [0.2, 0.25) is 0 Å². The minimum atomic E-state index is -4.94. The highest BCUT2D eigenvalue weighted by molar-refractivity contribution is 5.98. The van der Waals surface area contributed by atoms with E-state index in [2.05, 4.69) is 10.3 Å². The van der Waals surface area contributed by atoms with Gasteiger partial charge in [-0.25, -0.2) is 4.98 Å². The standard InChI is InChI=1S/C22H17F6N3O/c23-21(24,25)16-10-15(11-17(12-16)22(26,27)28)19-3-1-13-9-14(2-4-18(13)30-19)20(32)31-7-5-29-6-8-31/h1-4,9-12,29H,5-8H2. The Bertz CT molecular complexity index is 1130. The van der Waals surface area contributed by atoms with Crippen LogP contribution in [0.25, 0.3) is 22.2 Å². The van der Waals surface area contributed by atoms with Crippen LogP contribution in [0.4, 0.5) is 26.3 Å². The molecule has 168 valence electrons. The molecule has 0 unspecified atom stereocenters. The number of rotatable bonds is 2. The molecule has 32 heavy (non-hydrogen) atoms. The van der Waals surface area contributed by atoms with Crippen molar-refractivity contribution in [3.8, 4) is 11.3 Å². The molecule has 0 radical (unpaired) electrons. The molecule has 0 aliphatic carbocycles. The average Bonchev–Trinajstić information content (AvgIpc) is 2.77. The van der Waals surface area contributed by atoms with Gasteiger partial charge >= 0.3 is 12.4 Å². The van der Waals surface area contributed by atoms with Gasteiger partial charge in [-0.1, -0.05) is 6.07 Å². The minimum absolute atomic E-state index is 0.0321. The van der Waals surface area contributed by atoms with Crippen LogP contribution in [0.1, 0.15) is 21.5 Å². The van der Waals surface area contributed by atoms with Gasteiger partial charge in [-0.15, -0.1) is 0 Å². The minimum Gasteiger partial charge on any atom is -0.336 e. The van der Waals surface area contributed by atoms with E-state index in [1.54, 1.807) is 17.0 Å². The van der Waals surface area contributed by atoms with E-state index in [0.29, 0.717) is 54.8 Å². The van der Waals surface area contributed by atoms with E-state index in [-0.39, 0.29) is 23.2 Å². The predicted octanol–water partition coefficient (Wildman–Crippen LogP) is 4.98. The van der Waals surface area contributed by atoms with Gasteiger partial charge in [0, 0.05) is 42.7 Å². The molecule has 1 aliphatic heterocycles. The van der Waals surface area contributed by atoms with E-state index in [0.717, 1.165) is 0 Å². The fourth-order valence-electron chi connectivity index (χ4n) is 3.57. The second-order valence-corrected chi connectivity index (χ2v) is 7.44. The highest BCUT2D eigenvalue weighted by Crippen LogP contribution is 2.38. The molecule has 3 aromatic rings. The first-order valence-corrected chi connectivity index (χ1v) is 9.73. The summed E-state index contributed by atoms with van der Waals surface area (Å²) in [6, 6.07) is 8.94. The SMILES string of the molecule is O=C(c1ccc2nc(-c3cc(C(F)(F)F)cc(C(F)(F)F)c3)ccc2c1)N1CCNCC1. The number of halogens is 6. The van der Waals surface area contributed by atoms with Gasteiger partial charge in [0.1, 0.15) is 0 Å². The molecular formula is C22H17F6N3O. The number of piperazine rings is 1. The molecule has 0 bridgehead atoms. The van der Waals surface area contributed by atoms with Crippen LogP contribution in [0.15, 0.2) is 48.5 Å². The predicted molar refractivity (Wildman–Crippen MR) is 106 cm³/mol. The number of amides is 1. The number of nitrogens with one attached hydrogen (secondary N) is 1. The van der Waals surface area contributed by atoms with Crippen molar-refractivity contribution in [2.45, 2.75) is 12.4 Å². The molecule has 1 saturated heterocycles. The molecular weight excluding hydrogens is 436 g/mol. The maximum Gasteiger partial charge on any atom is 0.416 e. The van der Waals surface area contributed by atoms with Crippen molar-refractivity contribution in [1.82, 2.24) is 15.2 Å². The first-order chi connectivity index (χ1) is 15.0. The van der Waals surface area contributed by atoms with Crippen molar-refractivity contribution >= 4 is 16.8 Å². The van der Waals surface area contributed by atoms with Crippen LogP contribution in [0.5, 0.6) is 0 Å². The fraction of sp³-hybridized carbons (Fsp3) is 0.273. The monoisotopic (exact) mass is 453 g/mol. The van der Waals surface area contributed by atoms with Gasteiger partial charge in [0.05, 0.1) is 22.3 Å². The lowest BCUT2D eigenvalue weighted by atomic mass is 10.0. The molecule has 4 nitrogen and oxygen atoms in total. The first-order valence-electron chi connectivity index (χ1n) is 9.73. The smallest absolute Gasteiger partial charge is 0.336 e. The van der Waals surface area contributed by atoms with Crippen LogP contribution in [-0.2, 0) is 12.4 Å². The zero-order chi connectivity index (χ0) is 23.1. The molecule has 0 atom stereocenters. The van der Waals surface area contributed by atoms with Crippen LogP contribution in [0, 0.1) is 0 Å². The molecule has 2 aromatic carbocycles. The number of hydrogen-bond acceptors (Lipinski definition) is 3. The van der Waals surface area contributed by atoms with E-state index in [4.69, 9.17) is 0 Å².